The van der Waals surface area contributed by atoms with Crippen molar-refractivity contribution in [2.75, 3.05) is 12.4 Å². The van der Waals surface area contributed by atoms with Gasteiger partial charge < -0.3 is 15.3 Å². The number of hydrogen-bond donors (Lipinski definition) is 2. The zero-order chi connectivity index (χ0) is 15.4. The number of carbonyl (C=O) groups is 2. The molecule has 21 heavy (non-hydrogen) atoms. The summed E-state index contributed by atoms with van der Waals surface area (Å²) in [5.74, 6) is -0.693. The Bertz CT molecular complexity index is 533. The number of rotatable bonds is 3. The monoisotopic (exact) mass is 291 g/mol. The van der Waals surface area contributed by atoms with Crippen LogP contribution < -0.4 is 5.32 Å². The molecule has 0 saturated heterocycles. The fraction of sp³-hybridized carbons (Fsp3) is 0.533. The predicted octanol–water partition coefficient (Wildman–Crippen LogP) is 2.82. The molecule has 1 heterocycles. The van der Waals surface area contributed by atoms with E-state index in [2.05, 4.69) is 17.2 Å². The highest BCUT2D eigenvalue weighted by Gasteiger charge is 2.28. The molecule has 2 N–H and O–H groups in total. The van der Waals surface area contributed by atoms with E-state index in [1.807, 2.05) is 0 Å². The van der Waals surface area contributed by atoms with E-state index in [4.69, 9.17) is 5.11 Å². The number of nitrogens with zero attached hydrogens (tertiary/aromatic N) is 2. The highest BCUT2D eigenvalue weighted by atomic mass is 16.4. The molecule has 1 aliphatic carbocycles. The molecule has 1 aromatic rings. The number of carboxylic acids is 1. The minimum Gasteiger partial charge on any atom is -0.476 e. The Morgan fingerprint density at radius 3 is 2.76 bits per heavy atom. The van der Waals surface area contributed by atoms with Crippen LogP contribution >= 0.6 is 0 Å². The Balaban J connectivity index is 2.09. The van der Waals surface area contributed by atoms with Gasteiger partial charge >= 0.3 is 12.0 Å². The predicted molar refractivity (Wildman–Crippen MR) is 79.4 cm³/mol. The van der Waals surface area contributed by atoms with Crippen LogP contribution in [0.4, 0.5) is 10.5 Å². The number of carbonyl (C=O) groups excluding carboxylic acids is 1. The van der Waals surface area contributed by atoms with Gasteiger partial charge in [0.25, 0.3) is 0 Å². The lowest BCUT2D eigenvalue weighted by Gasteiger charge is -2.36. The smallest absolute Gasteiger partial charge is 0.356 e. The molecule has 6 nitrogen and oxygen atoms in total. The maximum absolute atomic E-state index is 12.3. The number of anilines is 1. The normalized spacial score (nSPS) is 21.6. The molecule has 0 radical (unpaired) electrons. The van der Waals surface area contributed by atoms with Gasteiger partial charge in [0.2, 0.25) is 0 Å². The van der Waals surface area contributed by atoms with Crippen LogP contribution in [-0.4, -0.2) is 40.1 Å². The van der Waals surface area contributed by atoms with Gasteiger partial charge in [-0.2, -0.15) is 0 Å². The molecule has 0 spiro atoms. The van der Waals surface area contributed by atoms with Crippen molar-refractivity contribution in [2.45, 2.75) is 38.6 Å². The second kappa shape index (κ2) is 6.56. The van der Waals surface area contributed by atoms with E-state index in [1.165, 1.54) is 12.6 Å². The number of aromatic carboxylic acids is 1. The fourth-order valence-electron chi connectivity index (χ4n) is 2.90. The number of amides is 2. The Morgan fingerprint density at radius 2 is 2.10 bits per heavy atom. The minimum absolute atomic E-state index is 0.143. The molecule has 6 heteroatoms. The molecule has 1 aromatic heterocycles. The number of carboxylic acid groups (broad SMARTS) is 1. The topological polar surface area (TPSA) is 82.5 Å². The third-order valence-corrected chi connectivity index (χ3v) is 4.14. The van der Waals surface area contributed by atoms with Crippen LogP contribution in [0.3, 0.4) is 0 Å². The Labute approximate surface area is 124 Å². The zero-order valence-corrected chi connectivity index (χ0v) is 12.4. The molecule has 2 rings (SSSR count). The molecule has 0 bridgehead atoms. The maximum Gasteiger partial charge on any atom is 0.356 e. The zero-order valence-electron chi connectivity index (χ0n) is 12.4. The van der Waals surface area contributed by atoms with Crippen LogP contribution in [0.1, 0.15) is 43.1 Å². The molecule has 1 aliphatic rings. The number of nitrogens with one attached hydrogen (secondary N) is 1. The molecule has 2 unspecified atom stereocenters. The first-order valence-electron chi connectivity index (χ1n) is 7.23. The van der Waals surface area contributed by atoms with Gasteiger partial charge in [-0.3, -0.25) is 0 Å². The molecule has 0 aliphatic heterocycles. The van der Waals surface area contributed by atoms with E-state index < -0.39 is 5.97 Å². The highest BCUT2D eigenvalue weighted by Crippen LogP contribution is 2.27. The summed E-state index contributed by atoms with van der Waals surface area (Å²) in [5.41, 5.74) is 0.0845. The molecule has 1 saturated carbocycles. The van der Waals surface area contributed by atoms with E-state index in [0.29, 0.717) is 5.92 Å². The van der Waals surface area contributed by atoms with Crippen molar-refractivity contribution in [3.8, 4) is 0 Å². The fourth-order valence-corrected chi connectivity index (χ4v) is 2.90. The lowest BCUT2D eigenvalue weighted by Crippen LogP contribution is -2.44. The summed E-state index contributed by atoms with van der Waals surface area (Å²) < 4.78 is 0. The summed E-state index contributed by atoms with van der Waals surface area (Å²) in [7, 11) is 1.76. The quantitative estimate of drug-likeness (QED) is 0.897. The first-order chi connectivity index (χ1) is 10.0. The van der Waals surface area contributed by atoms with Gasteiger partial charge in [-0.1, -0.05) is 19.8 Å². The van der Waals surface area contributed by atoms with Crippen molar-refractivity contribution >= 4 is 17.7 Å². The van der Waals surface area contributed by atoms with Crippen LogP contribution in [0.25, 0.3) is 0 Å². The van der Waals surface area contributed by atoms with Crippen LogP contribution in [0, 0.1) is 5.92 Å². The molecule has 0 aromatic carbocycles. The van der Waals surface area contributed by atoms with Gasteiger partial charge in [0, 0.05) is 19.3 Å². The minimum atomic E-state index is -1.15. The molecule has 2 amide bonds. The molecular formula is C15H21N3O3. The average Bonchev–Trinajstić information content (AvgIpc) is 2.47. The van der Waals surface area contributed by atoms with Crippen LogP contribution in [0.5, 0.6) is 0 Å². The lowest BCUT2D eigenvalue weighted by molar-refractivity contribution is 0.0691. The van der Waals surface area contributed by atoms with E-state index in [1.54, 1.807) is 24.1 Å². The molecular weight excluding hydrogens is 270 g/mol. The van der Waals surface area contributed by atoms with Gasteiger partial charge in [0.1, 0.15) is 0 Å². The summed E-state index contributed by atoms with van der Waals surface area (Å²) in [5, 5.41) is 11.7. The Kier molecular flexibility index (Phi) is 4.77. The summed E-state index contributed by atoms with van der Waals surface area (Å²) in [6.07, 6.45) is 5.84. The van der Waals surface area contributed by atoms with E-state index >= 15 is 0 Å². The molecule has 114 valence electrons. The lowest BCUT2D eigenvalue weighted by atomic mass is 9.85. The van der Waals surface area contributed by atoms with Crippen LogP contribution in [0.2, 0.25) is 0 Å². The largest absolute Gasteiger partial charge is 0.476 e. The number of aromatic nitrogens is 1. The van der Waals surface area contributed by atoms with Crippen molar-refractivity contribution in [1.82, 2.24) is 9.88 Å². The summed E-state index contributed by atoms with van der Waals surface area (Å²) in [6.45, 7) is 2.15. The second-order valence-corrected chi connectivity index (χ2v) is 5.57. The van der Waals surface area contributed by atoms with Crippen molar-refractivity contribution in [2.24, 2.45) is 5.92 Å². The maximum atomic E-state index is 12.3. The first kappa shape index (κ1) is 15.3. The Morgan fingerprint density at radius 1 is 1.38 bits per heavy atom. The highest BCUT2D eigenvalue weighted by molar-refractivity contribution is 5.98. The molecule has 1 fully saturated rings. The summed E-state index contributed by atoms with van der Waals surface area (Å²) in [4.78, 5) is 28.9. The second-order valence-electron chi connectivity index (χ2n) is 5.57. The van der Waals surface area contributed by atoms with Gasteiger partial charge in [-0.15, -0.1) is 0 Å². The first-order valence-corrected chi connectivity index (χ1v) is 7.23. The van der Waals surface area contributed by atoms with Gasteiger partial charge in [-0.25, -0.2) is 14.6 Å². The van der Waals surface area contributed by atoms with E-state index in [0.717, 1.165) is 19.3 Å². The van der Waals surface area contributed by atoms with Crippen LogP contribution in [-0.2, 0) is 0 Å². The van der Waals surface area contributed by atoms with Gasteiger partial charge in [0.15, 0.2) is 5.69 Å². The van der Waals surface area contributed by atoms with E-state index in [9.17, 15) is 9.59 Å². The van der Waals surface area contributed by atoms with Crippen molar-refractivity contribution in [3.63, 3.8) is 0 Å². The van der Waals surface area contributed by atoms with Crippen molar-refractivity contribution in [1.29, 1.82) is 0 Å². The number of pyridine rings is 1. The van der Waals surface area contributed by atoms with Crippen molar-refractivity contribution < 1.29 is 14.7 Å². The van der Waals surface area contributed by atoms with Gasteiger partial charge in [0.05, 0.1) is 5.69 Å². The SMILES string of the molecule is CC1CCCCC1N(C)C(=O)Nc1cccnc1C(=O)O. The van der Waals surface area contributed by atoms with Crippen molar-refractivity contribution in [3.05, 3.63) is 24.0 Å². The standard InChI is InChI=1S/C15H21N3O3/c1-10-6-3-4-8-12(10)18(2)15(21)17-11-7-5-9-16-13(11)14(19)20/h5,7,9-10,12H,3-4,6,8H2,1-2H3,(H,17,21)(H,19,20). The number of urea groups is 1. The van der Waals surface area contributed by atoms with E-state index in [-0.39, 0.29) is 23.5 Å². The summed E-state index contributed by atoms with van der Waals surface area (Å²) in [6, 6.07) is 3.06. The number of hydrogen-bond acceptors (Lipinski definition) is 3. The molecule has 2 atom stereocenters. The average molecular weight is 291 g/mol. The third kappa shape index (κ3) is 3.51. The Hall–Kier alpha value is -2.11. The summed E-state index contributed by atoms with van der Waals surface area (Å²) >= 11 is 0. The van der Waals surface area contributed by atoms with Gasteiger partial charge in [-0.05, 0) is 30.9 Å². The van der Waals surface area contributed by atoms with Crippen LogP contribution in [0.15, 0.2) is 18.3 Å². The third-order valence-electron chi connectivity index (χ3n) is 4.14.